The number of hydrogen-bond acceptors (Lipinski definition) is 3. The molecule has 0 unspecified atom stereocenters. The van der Waals surface area contributed by atoms with Crippen LogP contribution in [0, 0.1) is 6.92 Å². The van der Waals surface area contributed by atoms with Gasteiger partial charge in [-0.2, -0.15) is 0 Å². The quantitative estimate of drug-likeness (QED) is 0.839. The summed E-state index contributed by atoms with van der Waals surface area (Å²) in [7, 11) is 0. The molecule has 1 aromatic heterocycles. The normalized spacial score (nSPS) is 10.3. The maximum Gasteiger partial charge on any atom is 0.106 e. The second-order valence-corrected chi connectivity index (χ2v) is 5.81. The van der Waals surface area contributed by atoms with E-state index in [4.69, 9.17) is 29.6 Å². The Morgan fingerprint density at radius 3 is 2.83 bits per heavy atom. The fraction of sp³-hybridized carbons (Fsp3) is 0.154. The molecule has 0 saturated heterocycles. The number of thiophene rings is 1. The van der Waals surface area contributed by atoms with Crippen LogP contribution in [0.5, 0.6) is 0 Å². The van der Waals surface area contributed by atoms with Crippen molar-refractivity contribution in [3.05, 3.63) is 50.7 Å². The average molecular weight is 297 g/mol. The molecule has 0 aliphatic heterocycles. The van der Waals surface area contributed by atoms with Crippen LogP contribution >= 0.6 is 35.2 Å². The van der Waals surface area contributed by atoms with Gasteiger partial charge < -0.3 is 11.1 Å². The van der Waals surface area contributed by atoms with Crippen molar-refractivity contribution in [2.45, 2.75) is 13.5 Å². The summed E-state index contributed by atoms with van der Waals surface area (Å²) in [6.07, 6.45) is 0. The van der Waals surface area contributed by atoms with Crippen molar-refractivity contribution in [1.82, 2.24) is 0 Å². The summed E-state index contributed by atoms with van der Waals surface area (Å²) < 4.78 is 0. The van der Waals surface area contributed by atoms with Gasteiger partial charge >= 0.3 is 0 Å². The van der Waals surface area contributed by atoms with Crippen LogP contribution in [0.1, 0.15) is 16.0 Å². The van der Waals surface area contributed by atoms with Crippen LogP contribution in [-0.4, -0.2) is 4.99 Å². The summed E-state index contributed by atoms with van der Waals surface area (Å²) >= 11 is 12.7. The summed E-state index contributed by atoms with van der Waals surface area (Å²) in [5.41, 5.74) is 8.68. The Morgan fingerprint density at radius 2 is 2.22 bits per heavy atom. The maximum atomic E-state index is 5.99. The van der Waals surface area contributed by atoms with E-state index in [9.17, 15) is 0 Å². The molecule has 2 rings (SSSR count). The van der Waals surface area contributed by atoms with Gasteiger partial charge in [0.1, 0.15) is 4.99 Å². The Labute approximate surface area is 121 Å². The standard InChI is InChI=1S/C13H13ClN2S2/c1-8-4-5-18-12(8)7-16-11-6-9(14)2-3-10(11)13(15)17/h2-6,16H,7H2,1H3,(H2,15,17). The summed E-state index contributed by atoms with van der Waals surface area (Å²) in [5, 5.41) is 6.09. The molecule has 0 fully saturated rings. The largest absolute Gasteiger partial charge is 0.389 e. The predicted molar refractivity (Wildman–Crippen MR) is 83.7 cm³/mol. The third kappa shape index (κ3) is 3.02. The lowest BCUT2D eigenvalue weighted by molar-refractivity contribution is 1.16. The number of thiocarbonyl (C=S) groups is 1. The fourth-order valence-electron chi connectivity index (χ4n) is 1.64. The molecule has 2 nitrogen and oxygen atoms in total. The van der Waals surface area contributed by atoms with Crippen molar-refractivity contribution in [1.29, 1.82) is 0 Å². The number of halogens is 1. The molecule has 0 atom stereocenters. The lowest BCUT2D eigenvalue weighted by Gasteiger charge is -2.11. The van der Waals surface area contributed by atoms with Gasteiger partial charge in [0, 0.05) is 27.7 Å². The van der Waals surface area contributed by atoms with Crippen LogP contribution in [0.25, 0.3) is 0 Å². The van der Waals surface area contributed by atoms with Crippen LogP contribution in [0.2, 0.25) is 5.02 Å². The van der Waals surface area contributed by atoms with E-state index in [0.29, 0.717) is 10.0 Å². The van der Waals surface area contributed by atoms with E-state index in [0.717, 1.165) is 17.8 Å². The van der Waals surface area contributed by atoms with Gasteiger partial charge in [0.2, 0.25) is 0 Å². The lowest BCUT2D eigenvalue weighted by atomic mass is 10.1. The van der Waals surface area contributed by atoms with Crippen molar-refractivity contribution in [3.8, 4) is 0 Å². The number of benzene rings is 1. The van der Waals surface area contributed by atoms with Gasteiger partial charge in [0.15, 0.2) is 0 Å². The Kier molecular flexibility index (Phi) is 4.22. The summed E-state index contributed by atoms with van der Waals surface area (Å²) in [6, 6.07) is 7.58. The molecule has 1 heterocycles. The summed E-state index contributed by atoms with van der Waals surface area (Å²) in [4.78, 5) is 1.67. The molecule has 18 heavy (non-hydrogen) atoms. The monoisotopic (exact) mass is 296 g/mol. The molecule has 0 aliphatic carbocycles. The molecule has 0 amide bonds. The van der Waals surface area contributed by atoms with Crippen LogP contribution in [0.15, 0.2) is 29.6 Å². The first kappa shape index (κ1) is 13.3. The van der Waals surface area contributed by atoms with E-state index in [2.05, 4.69) is 23.7 Å². The average Bonchev–Trinajstić information content (AvgIpc) is 2.72. The van der Waals surface area contributed by atoms with E-state index >= 15 is 0 Å². The van der Waals surface area contributed by atoms with E-state index in [-0.39, 0.29) is 0 Å². The van der Waals surface area contributed by atoms with Gasteiger partial charge in [-0.15, -0.1) is 11.3 Å². The Bertz CT molecular complexity index is 578. The van der Waals surface area contributed by atoms with Crippen molar-refractivity contribution in [2.75, 3.05) is 5.32 Å². The molecule has 1 aromatic carbocycles. The van der Waals surface area contributed by atoms with Crippen molar-refractivity contribution >= 4 is 45.8 Å². The van der Waals surface area contributed by atoms with E-state index in [1.54, 1.807) is 17.4 Å². The van der Waals surface area contributed by atoms with E-state index in [1.165, 1.54) is 10.4 Å². The molecular formula is C13H13ClN2S2. The van der Waals surface area contributed by atoms with Gasteiger partial charge in [0.25, 0.3) is 0 Å². The smallest absolute Gasteiger partial charge is 0.106 e. The minimum atomic E-state index is 0.372. The Hall–Kier alpha value is -1.10. The zero-order valence-corrected chi connectivity index (χ0v) is 12.3. The molecule has 5 heteroatoms. The zero-order valence-electron chi connectivity index (χ0n) is 9.87. The molecule has 3 N–H and O–H groups in total. The summed E-state index contributed by atoms with van der Waals surface area (Å²) in [6.45, 7) is 2.85. The van der Waals surface area contributed by atoms with E-state index < -0.39 is 0 Å². The SMILES string of the molecule is Cc1ccsc1CNc1cc(Cl)ccc1C(N)=S. The first-order valence-electron chi connectivity index (χ1n) is 5.44. The highest BCUT2D eigenvalue weighted by Gasteiger charge is 2.07. The van der Waals surface area contributed by atoms with Gasteiger partial charge in [0.05, 0.1) is 0 Å². The van der Waals surface area contributed by atoms with Crippen LogP contribution < -0.4 is 11.1 Å². The second kappa shape index (κ2) is 5.69. The number of hydrogen-bond donors (Lipinski definition) is 2. The predicted octanol–water partition coefficient (Wildman–Crippen LogP) is 3.96. The van der Waals surface area contributed by atoms with Gasteiger partial charge in [-0.05, 0) is 42.1 Å². The number of aryl methyl sites for hydroxylation is 1. The van der Waals surface area contributed by atoms with Crippen molar-refractivity contribution in [2.24, 2.45) is 5.73 Å². The summed E-state index contributed by atoms with van der Waals surface area (Å²) in [5.74, 6) is 0. The minimum absolute atomic E-state index is 0.372. The Morgan fingerprint density at radius 1 is 1.44 bits per heavy atom. The van der Waals surface area contributed by atoms with Crippen molar-refractivity contribution in [3.63, 3.8) is 0 Å². The second-order valence-electron chi connectivity index (χ2n) is 3.93. The van der Waals surface area contributed by atoms with Crippen LogP contribution in [0.4, 0.5) is 5.69 Å². The molecule has 2 aromatic rings. The first-order valence-corrected chi connectivity index (χ1v) is 7.10. The third-order valence-corrected chi connectivity index (χ3v) is 4.13. The Balaban J connectivity index is 2.20. The number of nitrogens with two attached hydrogens (primary N) is 1. The molecule has 94 valence electrons. The lowest BCUT2D eigenvalue weighted by Crippen LogP contribution is -2.13. The first-order chi connectivity index (χ1) is 8.58. The highest BCUT2D eigenvalue weighted by molar-refractivity contribution is 7.80. The topological polar surface area (TPSA) is 38.0 Å². The van der Waals surface area contributed by atoms with Crippen LogP contribution in [-0.2, 0) is 6.54 Å². The maximum absolute atomic E-state index is 5.99. The zero-order chi connectivity index (χ0) is 13.1. The van der Waals surface area contributed by atoms with Gasteiger partial charge in [-0.25, -0.2) is 0 Å². The molecule has 0 aliphatic rings. The van der Waals surface area contributed by atoms with E-state index in [1.807, 2.05) is 12.1 Å². The number of anilines is 1. The van der Waals surface area contributed by atoms with Gasteiger partial charge in [-0.3, -0.25) is 0 Å². The van der Waals surface area contributed by atoms with Crippen molar-refractivity contribution < 1.29 is 0 Å². The number of rotatable bonds is 4. The molecule has 0 radical (unpaired) electrons. The molecular weight excluding hydrogens is 284 g/mol. The van der Waals surface area contributed by atoms with Gasteiger partial charge in [-0.1, -0.05) is 23.8 Å². The molecule has 0 spiro atoms. The molecule has 0 saturated carbocycles. The highest BCUT2D eigenvalue weighted by atomic mass is 35.5. The van der Waals surface area contributed by atoms with Crippen LogP contribution in [0.3, 0.4) is 0 Å². The third-order valence-electron chi connectivity index (χ3n) is 2.65. The number of nitrogens with one attached hydrogen (secondary N) is 1. The fourth-order valence-corrected chi connectivity index (χ4v) is 2.83. The molecule has 0 bridgehead atoms. The minimum Gasteiger partial charge on any atom is -0.389 e. The highest BCUT2D eigenvalue weighted by Crippen LogP contribution is 2.23.